The first-order valence-electron chi connectivity index (χ1n) is 6.23. The van der Waals surface area contributed by atoms with Crippen molar-refractivity contribution in [1.82, 2.24) is 14.9 Å². The first-order valence-corrected chi connectivity index (χ1v) is 6.23. The number of fused-ring (bicyclic) bond motifs is 1. The zero-order valence-electron chi connectivity index (χ0n) is 10.5. The van der Waals surface area contributed by atoms with E-state index in [1.54, 1.807) is 0 Å². The second kappa shape index (κ2) is 4.82. The predicted molar refractivity (Wildman–Crippen MR) is 69.5 cm³/mol. The van der Waals surface area contributed by atoms with Crippen molar-refractivity contribution in [3.05, 3.63) is 48.0 Å². The second-order valence-electron chi connectivity index (χ2n) is 4.68. The van der Waals surface area contributed by atoms with Crippen LogP contribution in [0.25, 0.3) is 0 Å². The van der Waals surface area contributed by atoms with E-state index in [9.17, 15) is 0 Å². The van der Waals surface area contributed by atoms with Gasteiger partial charge in [0, 0.05) is 32.8 Å². The number of aromatic nitrogens is 2. The van der Waals surface area contributed by atoms with Gasteiger partial charge >= 0.3 is 0 Å². The van der Waals surface area contributed by atoms with Crippen LogP contribution in [0.1, 0.15) is 11.3 Å². The highest BCUT2D eigenvalue weighted by Crippen LogP contribution is 2.27. The maximum Gasteiger partial charge on any atom is 0.123 e. The fourth-order valence-electron chi connectivity index (χ4n) is 2.28. The lowest BCUT2D eigenvalue weighted by Crippen LogP contribution is -2.30. The molecular weight excluding hydrogens is 226 g/mol. The number of hydrogen-bond acceptors (Lipinski definition) is 3. The van der Waals surface area contributed by atoms with Gasteiger partial charge in [-0.3, -0.25) is 0 Å². The fourth-order valence-corrected chi connectivity index (χ4v) is 2.28. The number of rotatable bonds is 4. The molecule has 0 amide bonds. The lowest BCUT2D eigenvalue weighted by Gasteiger charge is -2.11. The average Bonchev–Trinajstić information content (AvgIpc) is 2.96. The van der Waals surface area contributed by atoms with Gasteiger partial charge in [-0.1, -0.05) is 18.2 Å². The summed E-state index contributed by atoms with van der Waals surface area (Å²) in [6.45, 7) is 1.69. The van der Waals surface area contributed by atoms with Gasteiger partial charge in [0.15, 0.2) is 0 Å². The molecule has 1 atom stereocenters. The Kier molecular flexibility index (Phi) is 3.02. The topological polar surface area (TPSA) is 39.1 Å². The molecule has 0 radical (unpaired) electrons. The first kappa shape index (κ1) is 11.3. The molecule has 4 heteroatoms. The molecule has 0 fully saturated rings. The third kappa shape index (κ3) is 2.24. The Bertz CT molecular complexity index is 510. The molecular formula is C14H17N3O. The number of para-hydroxylation sites is 1. The zero-order valence-corrected chi connectivity index (χ0v) is 10.5. The van der Waals surface area contributed by atoms with Crippen molar-refractivity contribution < 1.29 is 4.74 Å². The molecule has 0 saturated carbocycles. The molecule has 18 heavy (non-hydrogen) atoms. The van der Waals surface area contributed by atoms with Crippen molar-refractivity contribution >= 4 is 0 Å². The number of hydrogen-bond donors (Lipinski definition) is 1. The van der Waals surface area contributed by atoms with Crippen LogP contribution in [0.15, 0.2) is 36.8 Å². The number of nitrogens with zero attached hydrogens (tertiary/aromatic N) is 2. The van der Waals surface area contributed by atoms with Crippen LogP contribution >= 0.6 is 0 Å². The Morgan fingerprint density at radius 2 is 2.33 bits per heavy atom. The maximum atomic E-state index is 5.87. The van der Waals surface area contributed by atoms with Crippen LogP contribution in [-0.2, 0) is 20.0 Å². The van der Waals surface area contributed by atoms with Crippen LogP contribution in [0.4, 0.5) is 0 Å². The largest absolute Gasteiger partial charge is 0.488 e. The van der Waals surface area contributed by atoms with E-state index in [4.69, 9.17) is 4.74 Å². The van der Waals surface area contributed by atoms with Crippen molar-refractivity contribution in [2.75, 3.05) is 6.54 Å². The third-order valence-corrected chi connectivity index (χ3v) is 3.31. The summed E-state index contributed by atoms with van der Waals surface area (Å²) in [7, 11) is 2.01. The van der Waals surface area contributed by atoms with Crippen molar-refractivity contribution in [1.29, 1.82) is 0 Å². The van der Waals surface area contributed by atoms with Gasteiger partial charge in [0.25, 0.3) is 0 Å². The first-order chi connectivity index (χ1) is 8.83. The van der Waals surface area contributed by atoms with Crippen LogP contribution in [0.5, 0.6) is 5.75 Å². The van der Waals surface area contributed by atoms with Crippen LogP contribution in [0.3, 0.4) is 0 Å². The highest BCUT2D eigenvalue weighted by atomic mass is 16.5. The van der Waals surface area contributed by atoms with E-state index < -0.39 is 0 Å². The van der Waals surface area contributed by atoms with E-state index in [0.717, 1.165) is 25.3 Å². The van der Waals surface area contributed by atoms with Crippen LogP contribution < -0.4 is 10.1 Å². The molecule has 0 bridgehead atoms. The highest BCUT2D eigenvalue weighted by Gasteiger charge is 2.21. The Labute approximate surface area is 107 Å². The summed E-state index contributed by atoms with van der Waals surface area (Å²) in [4.78, 5) is 4.10. The van der Waals surface area contributed by atoms with Gasteiger partial charge in [0.1, 0.15) is 11.9 Å². The summed E-state index contributed by atoms with van der Waals surface area (Å²) < 4.78 is 7.90. The predicted octanol–water partition coefficient (Wildman–Crippen LogP) is 1.51. The lowest BCUT2D eigenvalue weighted by atomic mass is 10.1. The smallest absolute Gasteiger partial charge is 0.123 e. The van der Waals surface area contributed by atoms with Gasteiger partial charge < -0.3 is 14.6 Å². The third-order valence-electron chi connectivity index (χ3n) is 3.31. The molecule has 0 saturated heterocycles. The van der Waals surface area contributed by atoms with Crippen LogP contribution in [0.2, 0.25) is 0 Å². The molecule has 1 aliphatic rings. The fraction of sp³-hybridized carbons (Fsp3) is 0.357. The molecule has 1 aliphatic heterocycles. The number of nitrogens with one attached hydrogen (secondary N) is 1. The second-order valence-corrected chi connectivity index (χ2v) is 4.68. The minimum absolute atomic E-state index is 0.246. The molecule has 0 spiro atoms. The van der Waals surface area contributed by atoms with Gasteiger partial charge in [-0.2, -0.15) is 0 Å². The molecule has 1 N–H and O–H groups in total. The summed E-state index contributed by atoms with van der Waals surface area (Å²) >= 11 is 0. The molecule has 1 aromatic heterocycles. The molecule has 1 unspecified atom stereocenters. The monoisotopic (exact) mass is 243 g/mol. The molecule has 2 heterocycles. The van der Waals surface area contributed by atoms with Gasteiger partial charge in [-0.15, -0.1) is 0 Å². The van der Waals surface area contributed by atoms with E-state index in [2.05, 4.69) is 22.4 Å². The summed E-state index contributed by atoms with van der Waals surface area (Å²) in [5.74, 6) is 1.03. The minimum Gasteiger partial charge on any atom is -0.488 e. The van der Waals surface area contributed by atoms with Gasteiger partial charge in [0.05, 0.1) is 12.0 Å². The van der Waals surface area contributed by atoms with Crippen molar-refractivity contribution in [3.8, 4) is 5.75 Å². The summed E-state index contributed by atoms with van der Waals surface area (Å²) in [5.41, 5.74) is 2.50. The lowest BCUT2D eigenvalue weighted by molar-refractivity contribution is 0.227. The Hall–Kier alpha value is -1.81. The van der Waals surface area contributed by atoms with E-state index in [1.807, 2.05) is 36.3 Å². The number of ether oxygens (including phenoxy) is 1. The normalized spacial score (nSPS) is 17.5. The van der Waals surface area contributed by atoms with Crippen molar-refractivity contribution in [2.24, 2.45) is 7.05 Å². The van der Waals surface area contributed by atoms with E-state index >= 15 is 0 Å². The van der Waals surface area contributed by atoms with Gasteiger partial charge in [-0.25, -0.2) is 4.98 Å². The van der Waals surface area contributed by atoms with Crippen molar-refractivity contribution in [2.45, 2.75) is 19.1 Å². The molecule has 94 valence electrons. The molecule has 2 aromatic rings. The van der Waals surface area contributed by atoms with Gasteiger partial charge in [-0.05, 0) is 11.6 Å². The average molecular weight is 243 g/mol. The minimum atomic E-state index is 0.246. The van der Waals surface area contributed by atoms with E-state index in [-0.39, 0.29) is 6.10 Å². The number of aryl methyl sites for hydroxylation is 1. The van der Waals surface area contributed by atoms with Crippen LogP contribution in [0, 0.1) is 0 Å². The SMILES string of the molecule is Cn1cncc1CNCC1Cc2ccccc2O1. The summed E-state index contributed by atoms with van der Waals surface area (Å²) in [6.07, 6.45) is 4.95. The summed E-state index contributed by atoms with van der Waals surface area (Å²) in [5, 5.41) is 3.42. The van der Waals surface area contributed by atoms with Crippen molar-refractivity contribution in [3.63, 3.8) is 0 Å². The molecule has 0 aliphatic carbocycles. The summed E-state index contributed by atoms with van der Waals surface area (Å²) in [6, 6.07) is 8.25. The maximum absolute atomic E-state index is 5.87. The standard InChI is InChI=1S/C14H17N3O/c1-17-10-16-8-12(17)7-15-9-13-6-11-4-2-3-5-14(11)18-13/h2-5,8,10,13,15H,6-7,9H2,1H3. The molecule has 4 nitrogen and oxygen atoms in total. The Balaban J connectivity index is 1.50. The number of imidazole rings is 1. The van der Waals surface area contributed by atoms with E-state index in [0.29, 0.717) is 0 Å². The Morgan fingerprint density at radius 3 is 3.11 bits per heavy atom. The highest BCUT2D eigenvalue weighted by molar-refractivity contribution is 5.37. The van der Waals surface area contributed by atoms with Gasteiger partial charge in [0.2, 0.25) is 0 Å². The van der Waals surface area contributed by atoms with E-state index in [1.165, 1.54) is 11.3 Å². The quantitative estimate of drug-likeness (QED) is 0.884. The molecule has 1 aromatic carbocycles. The zero-order chi connectivity index (χ0) is 12.4. The van der Waals surface area contributed by atoms with Crippen LogP contribution in [-0.4, -0.2) is 22.2 Å². The number of benzene rings is 1. The Morgan fingerprint density at radius 1 is 1.44 bits per heavy atom. The molecule has 3 rings (SSSR count).